The van der Waals surface area contributed by atoms with E-state index in [4.69, 9.17) is 0 Å². The molecule has 5 heteroatoms. The second kappa shape index (κ2) is 12.9. The second-order valence-electron chi connectivity index (χ2n) is 4.82. The molecule has 0 aliphatic carbocycles. The zero-order valence-corrected chi connectivity index (χ0v) is 14.5. The lowest BCUT2D eigenvalue weighted by molar-refractivity contribution is 0.813. The summed E-state index contributed by atoms with van der Waals surface area (Å²) >= 11 is 0. The molecule has 3 aromatic rings. The maximum Gasteiger partial charge on any atom is 0.0886 e. The SMILES string of the molecule is CNC.CNCc1ccc(-c2ccccn2)nc1.c1ccncc1. The molecule has 0 saturated heterocycles. The van der Waals surface area contributed by atoms with Crippen LogP contribution in [0.4, 0.5) is 0 Å². The van der Waals surface area contributed by atoms with Crippen LogP contribution in [-0.4, -0.2) is 36.1 Å². The van der Waals surface area contributed by atoms with Crippen molar-refractivity contribution in [3.8, 4) is 11.4 Å². The maximum absolute atomic E-state index is 4.37. The Balaban J connectivity index is 0.000000265. The first-order valence-corrected chi connectivity index (χ1v) is 7.76. The first-order valence-electron chi connectivity index (χ1n) is 7.76. The van der Waals surface area contributed by atoms with Crippen molar-refractivity contribution >= 4 is 0 Å². The van der Waals surface area contributed by atoms with E-state index in [-0.39, 0.29) is 0 Å². The van der Waals surface area contributed by atoms with Crippen LogP contribution in [-0.2, 0) is 6.54 Å². The molecule has 0 aliphatic rings. The molecule has 3 heterocycles. The van der Waals surface area contributed by atoms with Crippen LogP contribution >= 0.6 is 0 Å². The topological polar surface area (TPSA) is 62.7 Å². The van der Waals surface area contributed by atoms with Gasteiger partial charge in [0.15, 0.2) is 0 Å². The van der Waals surface area contributed by atoms with E-state index in [9.17, 15) is 0 Å². The summed E-state index contributed by atoms with van der Waals surface area (Å²) in [5, 5.41) is 5.84. The Morgan fingerprint density at radius 2 is 1.42 bits per heavy atom. The minimum Gasteiger partial charge on any atom is -0.323 e. The zero-order chi connectivity index (χ0) is 17.5. The molecule has 0 fully saturated rings. The van der Waals surface area contributed by atoms with Crippen molar-refractivity contribution in [2.75, 3.05) is 21.1 Å². The van der Waals surface area contributed by atoms with Gasteiger partial charge < -0.3 is 10.6 Å². The molecule has 0 aromatic carbocycles. The van der Waals surface area contributed by atoms with Gasteiger partial charge in [0.2, 0.25) is 0 Å². The number of aromatic nitrogens is 3. The molecule has 0 spiro atoms. The van der Waals surface area contributed by atoms with Gasteiger partial charge in [-0.15, -0.1) is 0 Å². The fraction of sp³-hybridized carbons (Fsp3) is 0.211. The van der Waals surface area contributed by atoms with Crippen LogP contribution < -0.4 is 10.6 Å². The molecule has 2 N–H and O–H groups in total. The number of pyridine rings is 3. The lowest BCUT2D eigenvalue weighted by Crippen LogP contribution is -2.05. The second-order valence-corrected chi connectivity index (χ2v) is 4.82. The van der Waals surface area contributed by atoms with E-state index in [0.717, 1.165) is 17.9 Å². The average molecular weight is 323 g/mol. The van der Waals surface area contributed by atoms with Crippen LogP contribution in [0.3, 0.4) is 0 Å². The molecule has 0 radical (unpaired) electrons. The standard InChI is InChI=1S/C12H13N3.C5H5N.C2H7N/c1-13-8-10-5-6-12(15-9-10)11-4-2-3-7-14-11;1-2-4-6-5-3-1;1-3-2/h2-7,9,13H,8H2,1H3;1-5H;3H,1-2H3. The quantitative estimate of drug-likeness (QED) is 0.776. The van der Waals surface area contributed by atoms with Gasteiger partial charge in [-0.05, 0) is 57.0 Å². The molecule has 0 atom stereocenters. The van der Waals surface area contributed by atoms with E-state index < -0.39 is 0 Å². The first kappa shape index (κ1) is 19.4. The predicted octanol–water partition coefficient (Wildman–Crippen LogP) is 2.78. The van der Waals surface area contributed by atoms with Gasteiger partial charge in [0, 0.05) is 31.3 Å². The van der Waals surface area contributed by atoms with E-state index in [1.807, 2.05) is 69.8 Å². The number of nitrogens with zero attached hydrogens (tertiary/aromatic N) is 3. The van der Waals surface area contributed by atoms with E-state index in [1.165, 1.54) is 5.56 Å². The van der Waals surface area contributed by atoms with Crippen LogP contribution in [0, 0.1) is 0 Å². The van der Waals surface area contributed by atoms with E-state index in [2.05, 4.69) is 31.7 Å². The molecule has 126 valence electrons. The first-order chi connectivity index (χ1) is 11.8. The lowest BCUT2D eigenvalue weighted by atomic mass is 10.2. The molecular weight excluding hydrogens is 298 g/mol. The van der Waals surface area contributed by atoms with Gasteiger partial charge in [-0.3, -0.25) is 15.0 Å². The van der Waals surface area contributed by atoms with Gasteiger partial charge in [-0.25, -0.2) is 0 Å². The van der Waals surface area contributed by atoms with Gasteiger partial charge in [-0.2, -0.15) is 0 Å². The molecule has 5 nitrogen and oxygen atoms in total. The molecular formula is C19H25N5. The molecule has 3 rings (SSSR count). The zero-order valence-electron chi connectivity index (χ0n) is 14.5. The van der Waals surface area contributed by atoms with Crippen molar-refractivity contribution in [2.24, 2.45) is 0 Å². The molecule has 3 aromatic heterocycles. The fourth-order valence-corrected chi connectivity index (χ4v) is 1.71. The summed E-state index contributed by atoms with van der Waals surface area (Å²) in [6.45, 7) is 0.843. The molecule has 0 aliphatic heterocycles. The summed E-state index contributed by atoms with van der Waals surface area (Å²) < 4.78 is 0. The van der Waals surface area contributed by atoms with Crippen LogP contribution in [0.15, 0.2) is 73.3 Å². The molecule has 0 unspecified atom stereocenters. The predicted molar refractivity (Wildman–Crippen MR) is 99.5 cm³/mol. The van der Waals surface area contributed by atoms with E-state index in [1.54, 1.807) is 18.6 Å². The third-order valence-electron chi connectivity index (χ3n) is 2.70. The fourth-order valence-electron chi connectivity index (χ4n) is 1.71. The van der Waals surface area contributed by atoms with Gasteiger partial charge in [0.05, 0.1) is 11.4 Å². The highest BCUT2D eigenvalue weighted by Crippen LogP contribution is 2.13. The average Bonchev–Trinajstić information content (AvgIpc) is 2.66. The van der Waals surface area contributed by atoms with Crippen molar-refractivity contribution in [1.29, 1.82) is 0 Å². The number of hydrogen-bond acceptors (Lipinski definition) is 5. The van der Waals surface area contributed by atoms with Crippen molar-refractivity contribution in [3.05, 3.63) is 78.9 Å². The molecule has 0 amide bonds. The third-order valence-corrected chi connectivity index (χ3v) is 2.70. The summed E-state index contributed by atoms with van der Waals surface area (Å²) in [6.07, 6.45) is 7.15. The Kier molecular flexibility index (Phi) is 10.4. The van der Waals surface area contributed by atoms with Crippen molar-refractivity contribution in [1.82, 2.24) is 25.6 Å². The van der Waals surface area contributed by atoms with Crippen molar-refractivity contribution < 1.29 is 0 Å². The third kappa shape index (κ3) is 8.12. The normalized spacial score (nSPS) is 9.12. The molecule has 24 heavy (non-hydrogen) atoms. The highest BCUT2D eigenvalue weighted by atomic mass is 14.8. The number of nitrogens with one attached hydrogen (secondary N) is 2. The van der Waals surface area contributed by atoms with Crippen LogP contribution in [0.2, 0.25) is 0 Å². The minimum atomic E-state index is 0.843. The monoisotopic (exact) mass is 323 g/mol. The number of rotatable bonds is 3. The maximum atomic E-state index is 4.37. The van der Waals surface area contributed by atoms with Gasteiger partial charge in [0.25, 0.3) is 0 Å². The van der Waals surface area contributed by atoms with Crippen LogP contribution in [0.25, 0.3) is 11.4 Å². The Morgan fingerprint density at radius 3 is 1.83 bits per heavy atom. The van der Waals surface area contributed by atoms with Crippen LogP contribution in [0.1, 0.15) is 5.56 Å². The summed E-state index contributed by atoms with van der Waals surface area (Å²) in [6, 6.07) is 15.6. The highest BCUT2D eigenvalue weighted by molar-refractivity contribution is 5.53. The lowest BCUT2D eigenvalue weighted by Gasteiger charge is -2.01. The smallest absolute Gasteiger partial charge is 0.0886 e. The largest absolute Gasteiger partial charge is 0.323 e. The van der Waals surface area contributed by atoms with Gasteiger partial charge in [-0.1, -0.05) is 18.2 Å². The van der Waals surface area contributed by atoms with Gasteiger partial charge in [0.1, 0.15) is 0 Å². The van der Waals surface area contributed by atoms with Crippen molar-refractivity contribution in [2.45, 2.75) is 6.54 Å². The number of hydrogen-bond donors (Lipinski definition) is 2. The summed E-state index contributed by atoms with van der Waals surface area (Å²) in [4.78, 5) is 12.4. The van der Waals surface area contributed by atoms with Crippen molar-refractivity contribution in [3.63, 3.8) is 0 Å². The Labute approximate surface area is 144 Å². The Hall–Kier alpha value is -2.63. The van der Waals surface area contributed by atoms with Crippen LogP contribution in [0.5, 0.6) is 0 Å². The van der Waals surface area contributed by atoms with E-state index >= 15 is 0 Å². The van der Waals surface area contributed by atoms with E-state index in [0.29, 0.717) is 0 Å². The summed E-state index contributed by atoms with van der Waals surface area (Å²) in [7, 11) is 5.67. The Morgan fingerprint density at radius 1 is 0.750 bits per heavy atom. The highest BCUT2D eigenvalue weighted by Gasteiger charge is 1.99. The molecule has 0 bridgehead atoms. The van der Waals surface area contributed by atoms with Gasteiger partial charge >= 0.3 is 0 Å². The minimum absolute atomic E-state index is 0.843. The summed E-state index contributed by atoms with van der Waals surface area (Å²) in [5.74, 6) is 0. The Bertz CT molecular complexity index is 600. The molecule has 0 saturated carbocycles. The summed E-state index contributed by atoms with van der Waals surface area (Å²) in [5.41, 5.74) is 3.00.